The van der Waals surface area contributed by atoms with E-state index in [0.29, 0.717) is 18.1 Å². The van der Waals surface area contributed by atoms with Crippen LogP contribution in [0.15, 0.2) is 0 Å². The SMILES string of the molecule is CCCNC(Cc1nc(C)c(C)s1)C1CCOC1C. The molecule has 19 heavy (non-hydrogen) atoms. The van der Waals surface area contributed by atoms with Crippen molar-refractivity contribution in [1.82, 2.24) is 10.3 Å². The number of hydrogen-bond acceptors (Lipinski definition) is 4. The molecule has 2 rings (SSSR count). The number of nitrogens with one attached hydrogen (secondary N) is 1. The molecule has 1 aromatic heterocycles. The molecule has 0 bridgehead atoms. The van der Waals surface area contributed by atoms with Gasteiger partial charge in [-0.2, -0.15) is 0 Å². The monoisotopic (exact) mass is 282 g/mol. The highest BCUT2D eigenvalue weighted by Gasteiger charge is 2.32. The number of nitrogens with zero attached hydrogens (tertiary/aromatic N) is 1. The van der Waals surface area contributed by atoms with E-state index in [1.165, 1.54) is 28.4 Å². The summed E-state index contributed by atoms with van der Waals surface area (Å²) >= 11 is 1.84. The quantitative estimate of drug-likeness (QED) is 0.870. The molecule has 0 aromatic carbocycles. The Labute approximate surface area is 120 Å². The summed E-state index contributed by atoms with van der Waals surface area (Å²) in [5.41, 5.74) is 1.19. The smallest absolute Gasteiger partial charge is 0.0946 e. The summed E-state index contributed by atoms with van der Waals surface area (Å²) in [4.78, 5) is 6.04. The molecule has 1 saturated heterocycles. The molecule has 108 valence electrons. The van der Waals surface area contributed by atoms with Crippen molar-refractivity contribution < 1.29 is 4.74 Å². The molecular formula is C15H26N2OS. The van der Waals surface area contributed by atoms with Gasteiger partial charge >= 0.3 is 0 Å². The van der Waals surface area contributed by atoms with Crippen LogP contribution in [0.5, 0.6) is 0 Å². The minimum absolute atomic E-state index is 0.372. The van der Waals surface area contributed by atoms with Gasteiger partial charge in [0.05, 0.1) is 16.8 Å². The fraction of sp³-hybridized carbons (Fsp3) is 0.800. The van der Waals surface area contributed by atoms with Gasteiger partial charge in [0.15, 0.2) is 0 Å². The summed E-state index contributed by atoms with van der Waals surface area (Å²) in [6.07, 6.45) is 3.76. The lowest BCUT2D eigenvalue weighted by Gasteiger charge is -2.26. The van der Waals surface area contributed by atoms with Crippen LogP contribution < -0.4 is 5.32 Å². The average molecular weight is 282 g/mol. The average Bonchev–Trinajstić information content (AvgIpc) is 2.92. The zero-order valence-electron chi connectivity index (χ0n) is 12.5. The topological polar surface area (TPSA) is 34.2 Å². The van der Waals surface area contributed by atoms with E-state index < -0.39 is 0 Å². The van der Waals surface area contributed by atoms with Crippen molar-refractivity contribution >= 4 is 11.3 Å². The summed E-state index contributed by atoms with van der Waals surface area (Å²) in [6.45, 7) is 10.7. The van der Waals surface area contributed by atoms with Crippen LogP contribution in [0.25, 0.3) is 0 Å². The Bertz CT molecular complexity index is 385. The lowest BCUT2D eigenvalue weighted by molar-refractivity contribution is 0.0954. The van der Waals surface area contributed by atoms with Crippen LogP contribution in [-0.2, 0) is 11.2 Å². The predicted molar refractivity (Wildman–Crippen MR) is 80.9 cm³/mol. The molecule has 1 N–H and O–H groups in total. The Hall–Kier alpha value is -0.450. The highest BCUT2D eigenvalue weighted by atomic mass is 32.1. The normalized spacial score (nSPS) is 24.8. The summed E-state index contributed by atoms with van der Waals surface area (Å²) in [7, 11) is 0. The summed E-state index contributed by atoms with van der Waals surface area (Å²) in [5, 5.41) is 4.97. The van der Waals surface area contributed by atoms with Crippen molar-refractivity contribution in [2.24, 2.45) is 5.92 Å². The number of aromatic nitrogens is 1. The Morgan fingerprint density at radius 1 is 1.47 bits per heavy atom. The fourth-order valence-corrected chi connectivity index (χ4v) is 3.79. The largest absolute Gasteiger partial charge is 0.378 e. The second kappa shape index (κ2) is 6.82. The number of hydrogen-bond donors (Lipinski definition) is 1. The van der Waals surface area contributed by atoms with E-state index in [-0.39, 0.29) is 0 Å². The van der Waals surface area contributed by atoms with Gasteiger partial charge in [0, 0.05) is 29.9 Å². The number of thiazole rings is 1. The van der Waals surface area contributed by atoms with Crippen molar-refractivity contribution in [3.05, 3.63) is 15.6 Å². The Morgan fingerprint density at radius 3 is 2.79 bits per heavy atom. The maximum absolute atomic E-state index is 5.74. The van der Waals surface area contributed by atoms with E-state index in [1.54, 1.807) is 0 Å². The number of rotatable bonds is 6. The highest BCUT2D eigenvalue weighted by Crippen LogP contribution is 2.27. The fourth-order valence-electron chi connectivity index (χ4n) is 2.80. The lowest BCUT2D eigenvalue weighted by Crippen LogP contribution is -2.41. The lowest BCUT2D eigenvalue weighted by atomic mass is 9.91. The molecular weight excluding hydrogens is 256 g/mol. The molecule has 3 unspecified atom stereocenters. The molecule has 1 aliphatic heterocycles. The molecule has 3 atom stereocenters. The van der Waals surface area contributed by atoms with Gasteiger partial charge in [-0.1, -0.05) is 6.92 Å². The Balaban J connectivity index is 2.04. The van der Waals surface area contributed by atoms with Crippen LogP contribution >= 0.6 is 11.3 Å². The molecule has 0 saturated carbocycles. The molecule has 0 radical (unpaired) electrons. The van der Waals surface area contributed by atoms with E-state index in [4.69, 9.17) is 9.72 Å². The van der Waals surface area contributed by atoms with Crippen molar-refractivity contribution in [3.8, 4) is 0 Å². The van der Waals surface area contributed by atoms with E-state index in [2.05, 4.69) is 33.0 Å². The highest BCUT2D eigenvalue weighted by molar-refractivity contribution is 7.11. The van der Waals surface area contributed by atoms with Gasteiger partial charge in [-0.3, -0.25) is 0 Å². The van der Waals surface area contributed by atoms with E-state index >= 15 is 0 Å². The van der Waals surface area contributed by atoms with E-state index in [1.807, 2.05) is 11.3 Å². The summed E-state index contributed by atoms with van der Waals surface area (Å²) in [5.74, 6) is 0.621. The second-order valence-electron chi connectivity index (χ2n) is 5.54. The van der Waals surface area contributed by atoms with Gasteiger partial charge in [-0.05, 0) is 40.2 Å². The maximum Gasteiger partial charge on any atom is 0.0946 e. The van der Waals surface area contributed by atoms with Crippen LogP contribution in [-0.4, -0.2) is 30.3 Å². The number of ether oxygens (including phenoxy) is 1. The van der Waals surface area contributed by atoms with Crippen LogP contribution in [0.1, 0.15) is 42.3 Å². The maximum atomic E-state index is 5.74. The van der Waals surface area contributed by atoms with Crippen LogP contribution in [0.2, 0.25) is 0 Å². The number of aryl methyl sites for hydroxylation is 2. The van der Waals surface area contributed by atoms with Crippen molar-refractivity contribution in [1.29, 1.82) is 0 Å². The molecule has 0 amide bonds. The Kier molecular flexibility index (Phi) is 5.37. The molecule has 3 nitrogen and oxygen atoms in total. The van der Waals surface area contributed by atoms with E-state index in [0.717, 1.165) is 19.6 Å². The zero-order chi connectivity index (χ0) is 13.8. The molecule has 2 heterocycles. The van der Waals surface area contributed by atoms with Gasteiger partial charge < -0.3 is 10.1 Å². The molecule has 1 fully saturated rings. The van der Waals surface area contributed by atoms with Gasteiger partial charge in [-0.15, -0.1) is 11.3 Å². The Morgan fingerprint density at radius 2 is 2.26 bits per heavy atom. The summed E-state index contributed by atoms with van der Waals surface area (Å²) in [6, 6.07) is 0.502. The van der Waals surface area contributed by atoms with Gasteiger partial charge in [0.1, 0.15) is 0 Å². The molecule has 1 aliphatic rings. The molecule has 1 aromatic rings. The molecule has 0 spiro atoms. The van der Waals surface area contributed by atoms with Crippen molar-refractivity contribution in [3.63, 3.8) is 0 Å². The predicted octanol–water partition coefficient (Wildman–Crippen LogP) is 3.10. The van der Waals surface area contributed by atoms with Crippen LogP contribution in [0.4, 0.5) is 0 Å². The minimum atomic E-state index is 0.372. The van der Waals surface area contributed by atoms with Gasteiger partial charge in [-0.25, -0.2) is 4.98 Å². The summed E-state index contributed by atoms with van der Waals surface area (Å²) < 4.78 is 5.74. The first-order valence-electron chi connectivity index (χ1n) is 7.39. The minimum Gasteiger partial charge on any atom is -0.378 e. The van der Waals surface area contributed by atoms with Crippen molar-refractivity contribution in [2.75, 3.05) is 13.2 Å². The van der Waals surface area contributed by atoms with Crippen LogP contribution in [0.3, 0.4) is 0 Å². The third-order valence-corrected chi connectivity index (χ3v) is 5.17. The molecule has 0 aliphatic carbocycles. The first-order chi connectivity index (χ1) is 9.11. The van der Waals surface area contributed by atoms with Gasteiger partial charge in [0.2, 0.25) is 0 Å². The third kappa shape index (κ3) is 3.77. The zero-order valence-corrected chi connectivity index (χ0v) is 13.3. The van der Waals surface area contributed by atoms with Crippen molar-refractivity contribution in [2.45, 2.75) is 59.1 Å². The third-order valence-electron chi connectivity index (χ3n) is 4.08. The molecule has 4 heteroatoms. The van der Waals surface area contributed by atoms with E-state index in [9.17, 15) is 0 Å². The first kappa shape index (κ1) is 14.9. The standard InChI is InChI=1S/C15H26N2OS/c1-5-7-16-14(13-6-8-18-11(13)3)9-15-17-10(2)12(4)19-15/h11,13-14,16H,5-9H2,1-4H3. The van der Waals surface area contributed by atoms with Gasteiger partial charge in [0.25, 0.3) is 0 Å². The second-order valence-corrected chi connectivity index (χ2v) is 6.83. The van der Waals surface area contributed by atoms with Crippen LogP contribution in [0, 0.1) is 19.8 Å². The first-order valence-corrected chi connectivity index (χ1v) is 8.21.